The molecule has 1 unspecified atom stereocenters. The highest BCUT2D eigenvalue weighted by molar-refractivity contribution is 9.10. The molecule has 1 amide bonds. The van der Waals surface area contributed by atoms with Gasteiger partial charge in [0.2, 0.25) is 5.88 Å². The fourth-order valence-corrected chi connectivity index (χ4v) is 3.00. The molecule has 1 fully saturated rings. The minimum Gasteiger partial charge on any atom is -0.471 e. The summed E-state index contributed by atoms with van der Waals surface area (Å²) in [5.41, 5.74) is 0.684. The van der Waals surface area contributed by atoms with Crippen molar-refractivity contribution in [3.05, 3.63) is 40.5 Å². The Hall–Kier alpha value is -1.47. The number of hydrogen-bond donors (Lipinski definition) is 0. The van der Waals surface area contributed by atoms with Crippen LogP contribution in [0.3, 0.4) is 0 Å². The Labute approximate surface area is 129 Å². The molecule has 7 heteroatoms. The number of rotatable bonds is 3. The molecule has 2 heterocycles. The molecule has 1 aliphatic heterocycles. The second-order valence-electron chi connectivity index (χ2n) is 4.51. The highest BCUT2D eigenvalue weighted by Gasteiger charge is 2.29. The van der Waals surface area contributed by atoms with Gasteiger partial charge in [0.25, 0.3) is 5.91 Å². The molecule has 5 nitrogen and oxygen atoms in total. The van der Waals surface area contributed by atoms with E-state index in [-0.39, 0.29) is 12.0 Å². The molecule has 0 N–H and O–H groups in total. The van der Waals surface area contributed by atoms with Gasteiger partial charge in [0.15, 0.2) is 0 Å². The van der Waals surface area contributed by atoms with Gasteiger partial charge < -0.3 is 9.64 Å². The Kier molecular flexibility index (Phi) is 3.98. The molecule has 0 radical (unpaired) electrons. The normalized spacial score (nSPS) is 18.2. The molecule has 1 saturated heterocycles. The molecule has 1 aromatic carbocycles. The van der Waals surface area contributed by atoms with E-state index in [2.05, 4.69) is 24.7 Å². The Balaban J connectivity index is 1.65. The predicted molar refractivity (Wildman–Crippen MR) is 79.0 cm³/mol. The molecule has 0 saturated carbocycles. The monoisotopic (exact) mass is 353 g/mol. The second-order valence-corrected chi connectivity index (χ2v) is 5.92. The average Bonchev–Trinajstić information content (AvgIpc) is 3.11. The van der Waals surface area contributed by atoms with E-state index < -0.39 is 0 Å². The standard InChI is InChI=1S/C13H12BrN3O2S/c14-11-4-2-1-3-10(11)13(18)17-6-5-9(8-17)19-12-7-15-20-16-12/h1-4,7,9H,5-6,8H2. The second kappa shape index (κ2) is 5.88. The zero-order valence-electron chi connectivity index (χ0n) is 10.5. The summed E-state index contributed by atoms with van der Waals surface area (Å²) in [6, 6.07) is 7.46. The fourth-order valence-electron chi connectivity index (χ4n) is 2.19. The van der Waals surface area contributed by atoms with Crippen molar-refractivity contribution in [2.45, 2.75) is 12.5 Å². The molecule has 1 aromatic heterocycles. The quantitative estimate of drug-likeness (QED) is 0.850. The van der Waals surface area contributed by atoms with Gasteiger partial charge in [0.05, 0.1) is 23.8 Å². The van der Waals surface area contributed by atoms with Crippen molar-refractivity contribution in [1.29, 1.82) is 0 Å². The molecule has 0 aliphatic carbocycles. The first-order valence-corrected chi connectivity index (χ1v) is 7.74. The van der Waals surface area contributed by atoms with Crippen LogP contribution in [0.25, 0.3) is 0 Å². The van der Waals surface area contributed by atoms with E-state index in [9.17, 15) is 4.79 Å². The Morgan fingerprint density at radius 2 is 2.30 bits per heavy atom. The first-order chi connectivity index (χ1) is 9.74. The smallest absolute Gasteiger partial charge is 0.255 e. The Morgan fingerprint density at radius 3 is 3.05 bits per heavy atom. The van der Waals surface area contributed by atoms with Crippen LogP contribution in [0.5, 0.6) is 5.88 Å². The zero-order chi connectivity index (χ0) is 13.9. The van der Waals surface area contributed by atoms with Gasteiger partial charge in [-0.05, 0) is 28.1 Å². The maximum absolute atomic E-state index is 12.4. The molecule has 0 spiro atoms. The molecule has 0 bridgehead atoms. The molecule has 1 aliphatic rings. The van der Waals surface area contributed by atoms with Gasteiger partial charge in [-0.15, -0.1) is 4.37 Å². The number of halogens is 1. The van der Waals surface area contributed by atoms with Crippen molar-refractivity contribution in [3.63, 3.8) is 0 Å². The summed E-state index contributed by atoms with van der Waals surface area (Å²) in [5, 5.41) is 0. The third kappa shape index (κ3) is 2.83. The van der Waals surface area contributed by atoms with Gasteiger partial charge >= 0.3 is 0 Å². The summed E-state index contributed by atoms with van der Waals surface area (Å²) in [6.07, 6.45) is 2.40. The maximum atomic E-state index is 12.4. The number of ether oxygens (including phenoxy) is 1. The van der Waals surface area contributed by atoms with Gasteiger partial charge in [-0.1, -0.05) is 12.1 Å². The lowest BCUT2D eigenvalue weighted by molar-refractivity contribution is 0.0770. The lowest BCUT2D eigenvalue weighted by Crippen LogP contribution is -2.31. The van der Waals surface area contributed by atoms with Crippen molar-refractivity contribution in [1.82, 2.24) is 13.6 Å². The number of nitrogens with zero attached hydrogens (tertiary/aromatic N) is 3. The van der Waals surface area contributed by atoms with E-state index in [1.54, 1.807) is 6.20 Å². The summed E-state index contributed by atoms with van der Waals surface area (Å²) in [4.78, 5) is 14.2. The maximum Gasteiger partial charge on any atom is 0.255 e. The van der Waals surface area contributed by atoms with Crippen LogP contribution in [-0.2, 0) is 0 Å². The summed E-state index contributed by atoms with van der Waals surface area (Å²) in [5.74, 6) is 0.565. The van der Waals surface area contributed by atoms with Crippen molar-refractivity contribution in [2.75, 3.05) is 13.1 Å². The van der Waals surface area contributed by atoms with E-state index in [0.29, 0.717) is 24.5 Å². The average molecular weight is 354 g/mol. The van der Waals surface area contributed by atoms with Crippen molar-refractivity contribution >= 4 is 33.6 Å². The molecule has 1 atom stereocenters. The van der Waals surface area contributed by atoms with Crippen LogP contribution in [0.15, 0.2) is 34.9 Å². The van der Waals surface area contributed by atoms with Gasteiger partial charge in [-0.2, -0.15) is 4.37 Å². The number of benzene rings is 1. The van der Waals surface area contributed by atoms with Crippen LogP contribution in [0, 0.1) is 0 Å². The van der Waals surface area contributed by atoms with Crippen LogP contribution in [0.2, 0.25) is 0 Å². The summed E-state index contributed by atoms with van der Waals surface area (Å²) in [7, 11) is 0. The zero-order valence-corrected chi connectivity index (χ0v) is 12.9. The van der Waals surface area contributed by atoms with Crippen LogP contribution >= 0.6 is 27.7 Å². The lowest BCUT2D eigenvalue weighted by Gasteiger charge is -2.17. The third-order valence-electron chi connectivity index (χ3n) is 3.16. The first-order valence-electron chi connectivity index (χ1n) is 6.22. The van der Waals surface area contributed by atoms with Gasteiger partial charge in [0.1, 0.15) is 12.3 Å². The van der Waals surface area contributed by atoms with E-state index in [4.69, 9.17) is 4.74 Å². The van der Waals surface area contributed by atoms with Crippen LogP contribution in [0.1, 0.15) is 16.8 Å². The van der Waals surface area contributed by atoms with Crippen molar-refractivity contribution in [3.8, 4) is 5.88 Å². The number of hydrogen-bond acceptors (Lipinski definition) is 5. The lowest BCUT2D eigenvalue weighted by atomic mass is 10.2. The van der Waals surface area contributed by atoms with E-state index in [0.717, 1.165) is 22.6 Å². The van der Waals surface area contributed by atoms with Gasteiger partial charge in [0, 0.05) is 17.4 Å². The number of amides is 1. The van der Waals surface area contributed by atoms with Gasteiger partial charge in [-0.3, -0.25) is 4.79 Å². The molecule has 20 heavy (non-hydrogen) atoms. The fraction of sp³-hybridized carbons (Fsp3) is 0.308. The number of aromatic nitrogens is 2. The summed E-state index contributed by atoms with van der Waals surface area (Å²) < 4.78 is 14.4. The van der Waals surface area contributed by atoms with E-state index in [1.165, 1.54) is 0 Å². The number of carbonyl (C=O) groups is 1. The Bertz CT molecular complexity index is 605. The topological polar surface area (TPSA) is 55.3 Å². The van der Waals surface area contributed by atoms with Crippen LogP contribution in [-0.4, -0.2) is 38.7 Å². The van der Waals surface area contributed by atoms with Crippen LogP contribution in [0.4, 0.5) is 0 Å². The SMILES string of the molecule is O=C(c1ccccc1Br)N1CCC(Oc2cnsn2)C1. The molecule has 104 valence electrons. The summed E-state index contributed by atoms with van der Waals surface area (Å²) in [6.45, 7) is 1.28. The third-order valence-corrected chi connectivity index (χ3v) is 4.32. The van der Waals surface area contributed by atoms with E-state index >= 15 is 0 Å². The Morgan fingerprint density at radius 1 is 1.45 bits per heavy atom. The van der Waals surface area contributed by atoms with Crippen LogP contribution < -0.4 is 4.74 Å². The van der Waals surface area contributed by atoms with Crippen molar-refractivity contribution < 1.29 is 9.53 Å². The number of likely N-dealkylation sites (tertiary alicyclic amines) is 1. The molecular formula is C13H12BrN3O2S. The number of carbonyl (C=O) groups excluding carboxylic acids is 1. The highest BCUT2D eigenvalue weighted by Crippen LogP contribution is 2.22. The largest absolute Gasteiger partial charge is 0.471 e. The minimum atomic E-state index is -0.00895. The van der Waals surface area contributed by atoms with Gasteiger partial charge in [-0.25, -0.2) is 0 Å². The van der Waals surface area contributed by atoms with E-state index in [1.807, 2.05) is 29.2 Å². The van der Waals surface area contributed by atoms with Crippen molar-refractivity contribution in [2.24, 2.45) is 0 Å². The summed E-state index contributed by atoms with van der Waals surface area (Å²) >= 11 is 4.53. The minimum absolute atomic E-state index is 0.00895. The molecule has 2 aromatic rings. The highest BCUT2D eigenvalue weighted by atomic mass is 79.9. The molecular weight excluding hydrogens is 342 g/mol. The predicted octanol–water partition coefficient (Wildman–Crippen LogP) is 2.59. The molecule has 3 rings (SSSR count). The first kappa shape index (κ1) is 13.5.